The molecular formula is C7H7NO4S. The third-order valence-electron chi connectivity index (χ3n) is 2.00. The molecule has 6 heteroatoms. The molecule has 0 unspecified atom stereocenters. The summed E-state index contributed by atoms with van der Waals surface area (Å²) in [5.74, 6) is -1.37. The normalized spacial score (nSPS) is 25.8. The van der Waals surface area contributed by atoms with Crippen LogP contribution >= 0.6 is 0 Å². The average Bonchev–Trinajstić information content (AvgIpc) is 2.27. The van der Waals surface area contributed by atoms with Crippen molar-refractivity contribution < 1.29 is 18.0 Å². The van der Waals surface area contributed by atoms with Crippen molar-refractivity contribution >= 4 is 21.5 Å². The summed E-state index contributed by atoms with van der Waals surface area (Å²) in [7, 11) is -3.32. The first kappa shape index (κ1) is 8.43. The number of carbonyl (C=O) groups excluding carboxylic acids is 2. The summed E-state index contributed by atoms with van der Waals surface area (Å²) in [6.07, 6.45) is 1.23. The number of hydrogen-bond acceptors (Lipinski definition) is 4. The quantitative estimate of drug-likeness (QED) is 0.489. The van der Waals surface area contributed by atoms with Gasteiger partial charge in [0.2, 0.25) is 5.91 Å². The molecule has 70 valence electrons. The maximum absolute atomic E-state index is 11.2. The Hall–Kier alpha value is -1.17. The number of sulfone groups is 1. The van der Waals surface area contributed by atoms with Gasteiger partial charge in [-0.05, 0) is 0 Å². The highest BCUT2D eigenvalue weighted by atomic mass is 32.2. The van der Waals surface area contributed by atoms with Crippen LogP contribution in [-0.4, -0.2) is 43.1 Å². The highest BCUT2D eigenvalue weighted by Crippen LogP contribution is 2.20. The lowest BCUT2D eigenvalue weighted by Crippen LogP contribution is -2.41. The van der Waals surface area contributed by atoms with Crippen LogP contribution < -0.4 is 0 Å². The van der Waals surface area contributed by atoms with Gasteiger partial charge in [-0.2, -0.15) is 0 Å². The standard InChI is InChI=1S/C7H7NO4S/c9-6-1-5-3-13(11,12)4-7(10)8(5)2-6/h1H,2-4H2. The highest BCUT2D eigenvalue weighted by molar-refractivity contribution is 7.92. The number of fused-ring (bicyclic) bond motifs is 1. The molecule has 2 rings (SSSR count). The summed E-state index contributed by atoms with van der Waals surface area (Å²) in [4.78, 5) is 23.3. The molecule has 0 aromatic carbocycles. The van der Waals surface area contributed by atoms with E-state index < -0.39 is 21.5 Å². The van der Waals surface area contributed by atoms with Crippen LogP contribution in [0.3, 0.4) is 0 Å². The predicted octanol–water partition coefficient (Wildman–Crippen LogP) is -1.29. The van der Waals surface area contributed by atoms with Gasteiger partial charge in [-0.3, -0.25) is 9.59 Å². The number of rotatable bonds is 0. The zero-order valence-corrected chi connectivity index (χ0v) is 7.50. The van der Waals surface area contributed by atoms with Crippen molar-refractivity contribution in [1.29, 1.82) is 0 Å². The minimum absolute atomic E-state index is 0.00366. The number of nitrogens with zero attached hydrogens (tertiary/aromatic N) is 1. The van der Waals surface area contributed by atoms with Crippen LogP contribution in [0.2, 0.25) is 0 Å². The second kappa shape index (κ2) is 2.41. The van der Waals surface area contributed by atoms with Gasteiger partial charge in [0.05, 0.1) is 12.3 Å². The topological polar surface area (TPSA) is 71.5 Å². The van der Waals surface area contributed by atoms with E-state index in [-0.39, 0.29) is 18.1 Å². The second-order valence-corrected chi connectivity index (χ2v) is 5.18. The molecule has 0 radical (unpaired) electrons. The van der Waals surface area contributed by atoms with Gasteiger partial charge in [0, 0.05) is 11.8 Å². The van der Waals surface area contributed by atoms with Gasteiger partial charge >= 0.3 is 0 Å². The van der Waals surface area contributed by atoms with Crippen LogP contribution in [0, 0.1) is 0 Å². The first-order valence-corrected chi connectivity index (χ1v) is 5.54. The Morgan fingerprint density at radius 3 is 2.62 bits per heavy atom. The summed E-state index contributed by atoms with van der Waals surface area (Å²) in [6.45, 7) is 0.00366. The summed E-state index contributed by atoms with van der Waals surface area (Å²) in [5, 5.41) is 0. The van der Waals surface area contributed by atoms with E-state index >= 15 is 0 Å². The molecule has 2 heterocycles. The fourth-order valence-corrected chi connectivity index (χ4v) is 2.80. The maximum atomic E-state index is 11.2. The lowest BCUT2D eigenvalue weighted by Gasteiger charge is -2.23. The second-order valence-electron chi connectivity index (χ2n) is 3.11. The smallest absolute Gasteiger partial charge is 0.242 e. The van der Waals surface area contributed by atoms with E-state index in [0.717, 1.165) is 0 Å². The van der Waals surface area contributed by atoms with Crippen molar-refractivity contribution in [2.75, 3.05) is 18.1 Å². The van der Waals surface area contributed by atoms with Crippen LogP contribution in [0.15, 0.2) is 11.8 Å². The molecule has 0 saturated carbocycles. The lowest BCUT2D eigenvalue weighted by molar-refractivity contribution is -0.129. The first-order chi connectivity index (χ1) is 5.98. The summed E-state index contributed by atoms with van der Waals surface area (Å²) < 4.78 is 22.2. The molecule has 0 aromatic rings. The monoisotopic (exact) mass is 201 g/mol. The van der Waals surface area contributed by atoms with Crippen LogP contribution in [0.4, 0.5) is 0 Å². The molecular weight excluding hydrogens is 194 g/mol. The largest absolute Gasteiger partial charge is 0.306 e. The molecule has 2 aliphatic heterocycles. The number of carbonyl (C=O) groups is 2. The zero-order chi connectivity index (χ0) is 9.64. The van der Waals surface area contributed by atoms with E-state index in [4.69, 9.17) is 0 Å². The van der Waals surface area contributed by atoms with Crippen molar-refractivity contribution in [2.45, 2.75) is 0 Å². The lowest BCUT2D eigenvalue weighted by atomic mass is 10.4. The maximum Gasteiger partial charge on any atom is 0.242 e. The van der Waals surface area contributed by atoms with E-state index in [1.165, 1.54) is 11.0 Å². The Morgan fingerprint density at radius 1 is 1.23 bits per heavy atom. The van der Waals surface area contributed by atoms with Gasteiger partial charge in [-0.15, -0.1) is 0 Å². The van der Waals surface area contributed by atoms with E-state index in [1.807, 2.05) is 0 Å². The molecule has 1 amide bonds. The zero-order valence-electron chi connectivity index (χ0n) is 6.69. The van der Waals surface area contributed by atoms with Gasteiger partial charge in [0.25, 0.3) is 0 Å². The van der Waals surface area contributed by atoms with Crippen molar-refractivity contribution in [2.24, 2.45) is 0 Å². The molecule has 1 fully saturated rings. The van der Waals surface area contributed by atoms with Gasteiger partial charge < -0.3 is 4.90 Å². The third-order valence-corrected chi connectivity index (χ3v) is 3.42. The molecule has 0 bridgehead atoms. The van der Waals surface area contributed by atoms with Crippen molar-refractivity contribution in [3.05, 3.63) is 11.8 Å². The number of amides is 1. The van der Waals surface area contributed by atoms with Crippen molar-refractivity contribution in [1.82, 2.24) is 4.90 Å². The fourth-order valence-electron chi connectivity index (χ4n) is 1.48. The van der Waals surface area contributed by atoms with Crippen molar-refractivity contribution in [3.63, 3.8) is 0 Å². The number of ketones is 1. The Kier molecular flexibility index (Phi) is 1.56. The SMILES string of the molecule is O=C1C=C2CS(=O)(=O)CC(=O)N2C1. The van der Waals surface area contributed by atoms with Crippen molar-refractivity contribution in [3.8, 4) is 0 Å². The molecule has 13 heavy (non-hydrogen) atoms. The summed E-state index contributed by atoms with van der Waals surface area (Å²) in [6, 6.07) is 0. The molecule has 0 N–H and O–H groups in total. The fraction of sp³-hybridized carbons (Fsp3) is 0.429. The Labute approximate surface area is 74.9 Å². The predicted molar refractivity (Wildman–Crippen MR) is 43.5 cm³/mol. The molecule has 2 aliphatic rings. The van der Waals surface area contributed by atoms with E-state index in [1.54, 1.807) is 0 Å². The third kappa shape index (κ3) is 1.37. The molecule has 5 nitrogen and oxygen atoms in total. The van der Waals surface area contributed by atoms with Gasteiger partial charge in [-0.1, -0.05) is 0 Å². The van der Waals surface area contributed by atoms with Gasteiger partial charge in [0.1, 0.15) is 5.75 Å². The van der Waals surface area contributed by atoms with Crippen LogP contribution in [0.1, 0.15) is 0 Å². The molecule has 1 saturated heterocycles. The van der Waals surface area contributed by atoms with Crippen LogP contribution in [0.25, 0.3) is 0 Å². The molecule has 0 aromatic heterocycles. The minimum atomic E-state index is -3.32. The average molecular weight is 201 g/mol. The van der Waals surface area contributed by atoms with E-state index in [9.17, 15) is 18.0 Å². The van der Waals surface area contributed by atoms with E-state index in [2.05, 4.69) is 0 Å². The summed E-state index contributed by atoms with van der Waals surface area (Å²) >= 11 is 0. The molecule has 0 atom stereocenters. The van der Waals surface area contributed by atoms with Gasteiger partial charge in [0.15, 0.2) is 15.6 Å². The highest BCUT2D eigenvalue weighted by Gasteiger charge is 2.36. The first-order valence-electron chi connectivity index (χ1n) is 3.72. The Bertz CT molecular complexity index is 420. The van der Waals surface area contributed by atoms with Gasteiger partial charge in [-0.25, -0.2) is 8.42 Å². The van der Waals surface area contributed by atoms with Crippen LogP contribution in [-0.2, 0) is 19.4 Å². The minimum Gasteiger partial charge on any atom is -0.306 e. The Balaban J connectivity index is 2.41. The number of hydrogen-bond donors (Lipinski definition) is 0. The molecule has 0 spiro atoms. The summed E-state index contributed by atoms with van der Waals surface area (Å²) in [5.41, 5.74) is 0.321. The molecule has 0 aliphatic carbocycles. The van der Waals surface area contributed by atoms with Crippen LogP contribution in [0.5, 0.6) is 0 Å². The Morgan fingerprint density at radius 2 is 1.92 bits per heavy atom. The van der Waals surface area contributed by atoms with E-state index in [0.29, 0.717) is 5.70 Å².